The van der Waals surface area contributed by atoms with Crippen LogP contribution in [-0.4, -0.2) is 27.5 Å². The molecule has 7 heteroatoms. The van der Waals surface area contributed by atoms with Crippen molar-refractivity contribution in [3.05, 3.63) is 89.5 Å². The van der Waals surface area contributed by atoms with E-state index in [2.05, 4.69) is 5.32 Å². The average molecular weight is 467 g/mol. The number of hydrogen-bond donors (Lipinski definition) is 1. The van der Waals surface area contributed by atoms with E-state index in [0.29, 0.717) is 12.3 Å². The summed E-state index contributed by atoms with van der Waals surface area (Å²) in [6.07, 6.45) is 0. The van der Waals surface area contributed by atoms with Gasteiger partial charge in [-0.3, -0.25) is 9.10 Å². The summed E-state index contributed by atoms with van der Waals surface area (Å²) in [5, 5.41) is 2.92. The number of benzene rings is 3. The summed E-state index contributed by atoms with van der Waals surface area (Å²) < 4.78 is 33.7. The normalized spacial score (nSPS) is 12.1. The Morgan fingerprint density at radius 1 is 1.00 bits per heavy atom. The molecule has 174 valence electrons. The van der Waals surface area contributed by atoms with Crippen LogP contribution in [0, 0.1) is 13.8 Å². The van der Waals surface area contributed by atoms with Crippen LogP contribution in [0.1, 0.15) is 36.6 Å². The smallest absolute Gasteiger partial charge is 0.264 e. The lowest BCUT2D eigenvalue weighted by Crippen LogP contribution is -2.42. The van der Waals surface area contributed by atoms with Gasteiger partial charge in [0.05, 0.1) is 23.2 Å². The molecule has 0 saturated carbocycles. The molecule has 1 atom stereocenters. The number of anilines is 1. The van der Waals surface area contributed by atoms with Crippen LogP contribution in [0.5, 0.6) is 5.75 Å². The second kappa shape index (κ2) is 10.5. The van der Waals surface area contributed by atoms with Gasteiger partial charge in [0.25, 0.3) is 10.0 Å². The highest BCUT2D eigenvalue weighted by Crippen LogP contribution is 2.28. The zero-order chi connectivity index (χ0) is 24.0. The lowest BCUT2D eigenvalue weighted by atomic mass is 10.1. The molecule has 3 rings (SSSR count). The van der Waals surface area contributed by atoms with Crippen LogP contribution in [0.15, 0.2) is 77.7 Å². The molecule has 3 aromatic rings. The number of nitrogens with one attached hydrogen (secondary N) is 1. The molecule has 0 heterocycles. The van der Waals surface area contributed by atoms with Crippen LogP contribution < -0.4 is 14.4 Å². The topological polar surface area (TPSA) is 75.7 Å². The first kappa shape index (κ1) is 24.3. The van der Waals surface area contributed by atoms with E-state index in [9.17, 15) is 13.2 Å². The number of sulfonamides is 1. The third kappa shape index (κ3) is 5.93. The molecule has 0 aliphatic carbocycles. The van der Waals surface area contributed by atoms with Gasteiger partial charge in [-0.15, -0.1) is 0 Å². The van der Waals surface area contributed by atoms with Gasteiger partial charge in [-0.05, 0) is 74.7 Å². The molecule has 0 fully saturated rings. The number of amides is 1. The Hall–Kier alpha value is -3.32. The second-order valence-corrected chi connectivity index (χ2v) is 9.77. The Kier molecular flexibility index (Phi) is 7.76. The molecule has 0 saturated heterocycles. The van der Waals surface area contributed by atoms with Crippen LogP contribution in [0.25, 0.3) is 0 Å². The summed E-state index contributed by atoms with van der Waals surface area (Å²) in [6.45, 7) is 7.76. The Labute approximate surface area is 196 Å². The van der Waals surface area contributed by atoms with Crippen LogP contribution in [0.4, 0.5) is 5.69 Å². The molecule has 0 aliphatic rings. The first-order chi connectivity index (χ1) is 15.7. The van der Waals surface area contributed by atoms with Crippen molar-refractivity contribution < 1.29 is 17.9 Å². The van der Waals surface area contributed by atoms with E-state index < -0.39 is 15.9 Å². The number of nitrogens with zero attached hydrogens (tertiary/aromatic N) is 1. The highest BCUT2D eigenvalue weighted by Gasteiger charge is 2.28. The van der Waals surface area contributed by atoms with Crippen LogP contribution >= 0.6 is 0 Å². The molecule has 6 nitrogen and oxygen atoms in total. The van der Waals surface area contributed by atoms with Gasteiger partial charge < -0.3 is 10.1 Å². The van der Waals surface area contributed by atoms with Crippen molar-refractivity contribution in [3.63, 3.8) is 0 Å². The lowest BCUT2D eigenvalue weighted by Gasteiger charge is -2.27. The third-order valence-corrected chi connectivity index (χ3v) is 7.09. The predicted molar refractivity (Wildman–Crippen MR) is 131 cm³/mol. The third-order valence-electron chi connectivity index (χ3n) is 5.32. The quantitative estimate of drug-likeness (QED) is 0.493. The van der Waals surface area contributed by atoms with E-state index in [0.717, 1.165) is 22.4 Å². The average Bonchev–Trinajstić information content (AvgIpc) is 2.80. The van der Waals surface area contributed by atoms with Crippen molar-refractivity contribution in [2.24, 2.45) is 0 Å². The summed E-state index contributed by atoms with van der Waals surface area (Å²) in [5.74, 6) is 0.367. The number of ether oxygens (including phenoxy) is 1. The minimum absolute atomic E-state index is 0.137. The number of hydrogen-bond acceptors (Lipinski definition) is 4. The molecule has 0 spiro atoms. The second-order valence-electron chi connectivity index (χ2n) is 7.91. The Bertz CT molecular complexity index is 1190. The van der Waals surface area contributed by atoms with Gasteiger partial charge in [0.15, 0.2) is 0 Å². The van der Waals surface area contributed by atoms with E-state index in [1.807, 2.05) is 64.1 Å². The molecule has 33 heavy (non-hydrogen) atoms. The zero-order valence-corrected chi connectivity index (χ0v) is 20.2. The summed E-state index contributed by atoms with van der Waals surface area (Å²) in [7, 11) is -3.94. The maximum Gasteiger partial charge on any atom is 0.264 e. The van der Waals surface area contributed by atoms with E-state index in [1.165, 1.54) is 16.4 Å². The fraction of sp³-hybridized carbons (Fsp3) is 0.269. The van der Waals surface area contributed by atoms with Crippen LogP contribution in [-0.2, 0) is 14.8 Å². The Morgan fingerprint density at radius 3 is 2.30 bits per heavy atom. The fourth-order valence-electron chi connectivity index (χ4n) is 3.53. The summed E-state index contributed by atoms with van der Waals surface area (Å²) in [6, 6.07) is 20.9. The van der Waals surface area contributed by atoms with Crippen LogP contribution in [0.3, 0.4) is 0 Å². The van der Waals surface area contributed by atoms with Gasteiger partial charge in [-0.1, -0.05) is 42.5 Å². The van der Waals surface area contributed by atoms with Gasteiger partial charge in [-0.2, -0.15) is 0 Å². The van der Waals surface area contributed by atoms with Gasteiger partial charge in [-0.25, -0.2) is 8.42 Å². The monoisotopic (exact) mass is 466 g/mol. The van der Waals surface area contributed by atoms with E-state index in [4.69, 9.17) is 4.74 Å². The van der Waals surface area contributed by atoms with Gasteiger partial charge in [0.2, 0.25) is 5.91 Å². The van der Waals surface area contributed by atoms with Crippen molar-refractivity contribution in [1.82, 2.24) is 5.32 Å². The minimum Gasteiger partial charge on any atom is -0.494 e. The molecule has 0 bridgehead atoms. The zero-order valence-electron chi connectivity index (χ0n) is 19.4. The highest BCUT2D eigenvalue weighted by atomic mass is 32.2. The molecule has 0 unspecified atom stereocenters. The molecular formula is C26H30N2O4S. The van der Waals surface area contributed by atoms with Crippen molar-refractivity contribution >= 4 is 21.6 Å². The number of aryl methyl sites for hydroxylation is 2. The molecule has 1 amide bonds. The summed E-state index contributed by atoms with van der Waals surface area (Å²) in [4.78, 5) is 13.1. The molecule has 0 radical (unpaired) electrons. The highest BCUT2D eigenvalue weighted by molar-refractivity contribution is 7.92. The lowest BCUT2D eigenvalue weighted by molar-refractivity contribution is -0.120. The standard InChI is InChI=1S/C26H30N2O4S/c1-5-32-23-15-13-22(14-16-23)21(4)27-26(29)18-28(25-17-19(2)11-12-20(25)3)33(30,31)24-9-7-6-8-10-24/h6-17,21H,5,18H2,1-4H3,(H,27,29)/t21-/m1/s1. The molecule has 0 aliphatic heterocycles. The van der Waals surface area contributed by atoms with Crippen molar-refractivity contribution in [2.45, 2.75) is 38.6 Å². The maximum atomic E-state index is 13.5. The first-order valence-corrected chi connectivity index (χ1v) is 12.3. The molecule has 3 aromatic carbocycles. The van der Waals surface area contributed by atoms with E-state index >= 15 is 0 Å². The van der Waals surface area contributed by atoms with Gasteiger partial charge in [0, 0.05) is 0 Å². The van der Waals surface area contributed by atoms with Gasteiger partial charge >= 0.3 is 0 Å². The Morgan fingerprint density at radius 2 is 1.67 bits per heavy atom. The summed E-state index contributed by atoms with van der Waals surface area (Å²) in [5.41, 5.74) is 3.07. The SMILES string of the molecule is CCOc1ccc([C@@H](C)NC(=O)CN(c2cc(C)ccc2C)S(=O)(=O)c2ccccc2)cc1. The minimum atomic E-state index is -3.94. The van der Waals surface area contributed by atoms with Crippen molar-refractivity contribution in [2.75, 3.05) is 17.5 Å². The van der Waals surface area contributed by atoms with Crippen LogP contribution in [0.2, 0.25) is 0 Å². The first-order valence-electron chi connectivity index (χ1n) is 10.9. The predicted octanol–water partition coefficient (Wildman–Crippen LogP) is 4.77. The fourth-order valence-corrected chi connectivity index (χ4v) is 5.03. The van der Waals surface area contributed by atoms with Crippen molar-refractivity contribution in [3.8, 4) is 5.75 Å². The Balaban J connectivity index is 1.87. The number of carbonyl (C=O) groups is 1. The van der Waals surface area contributed by atoms with E-state index in [-0.39, 0.29) is 17.5 Å². The van der Waals surface area contributed by atoms with Gasteiger partial charge in [0.1, 0.15) is 12.3 Å². The van der Waals surface area contributed by atoms with E-state index in [1.54, 1.807) is 24.3 Å². The van der Waals surface area contributed by atoms with Crippen molar-refractivity contribution in [1.29, 1.82) is 0 Å². The molecule has 0 aromatic heterocycles. The largest absolute Gasteiger partial charge is 0.494 e. The molecular weight excluding hydrogens is 436 g/mol. The number of carbonyl (C=O) groups excluding carboxylic acids is 1. The molecule has 1 N–H and O–H groups in total. The number of rotatable bonds is 9. The summed E-state index contributed by atoms with van der Waals surface area (Å²) >= 11 is 0. The maximum absolute atomic E-state index is 13.5.